The minimum Gasteiger partial charge on any atom is -0.392 e. The van der Waals surface area contributed by atoms with Crippen molar-refractivity contribution in [2.75, 3.05) is 6.54 Å². The first-order chi connectivity index (χ1) is 4.16. The normalized spacial score (nSPS) is 12.8. The van der Waals surface area contributed by atoms with Gasteiger partial charge in [-0.05, 0) is 6.92 Å². The zero-order chi connectivity index (χ0) is 7.28. The van der Waals surface area contributed by atoms with Crippen LogP contribution in [-0.2, 0) is 4.79 Å². The van der Waals surface area contributed by atoms with Gasteiger partial charge in [-0.1, -0.05) is 6.92 Å². The van der Waals surface area contributed by atoms with Gasteiger partial charge >= 0.3 is 0 Å². The van der Waals surface area contributed by atoms with Crippen LogP contribution in [0.3, 0.4) is 0 Å². The van der Waals surface area contributed by atoms with Gasteiger partial charge < -0.3 is 10.4 Å². The highest BCUT2D eigenvalue weighted by Crippen LogP contribution is 1.77. The van der Waals surface area contributed by atoms with E-state index in [1.807, 2.05) is 0 Å². The number of hydrogen-bond acceptors (Lipinski definition) is 2. The van der Waals surface area contributed by atoms with Gasteiger partial charge in [-0.15, -0.1) is 0 Å². The summed E-state index contributed by atoms with van der Waals surface area (Å²) >= 11 is 0. The molecule has 9 heavy (non-hydrogen) atoms. The SMILES string of the molecule is CCC(=O)NCC(C)O. The van der Waals surface area contributed by atoms with Gasteiger partial charge in [0.05, 0.1) is 6.10 Å². The second-order valence-corrected chi connectivity index (χ2v) is 2.01. The van der Waals surface area contributed by atoms with Crippen LogP contribution >= 0.6 is 0 Å². The maximum atomic E-state index is 10.5. The molecule has 0 aliphatic carbocycles. The number of amides is 1. The molecule has 0 aliphatic rings. The molecule has 1 unspecified atom stereocenters. The Morgan fingerprint density at radius 3 is 2.67 bits per heavy atom. The summed E-state index contributed by atoms with van der Waals surface area (Å²) in [4.78, 5) is 10.5. The first-order valence-electron chi connectivity index (χ1n) is 3.11. The fourth-order valence-corrected chi connectivity index (χ4v) is 0.387. The van der Waals surface area contributed by atoms with Gasteiger partial charge in [0.2, 0.25) is 5.91 Å². The summed E-state index contributed by atoms with van der Waals surface area (Å²) in [7, 11) is 0. The number of nitrogens with one attached hydrogen (secondary N) is 1. The third-order valence-electron chi connectivity index (χ3n) is 0.916. The number of carbonyl (C=O) groups excluding carboxylic acids is 1. The molecule has 0 saturated heterocycles. The van der Waals surface area contributed by atoms with E-state index in [1.165, 1.54) is 0 Å². The summed E-state index contributed by atoms with van der Waals surface area (Å²) in [5.74, 6) is -0.0177. The van der Waals surface area contributed by atoms with E-state index in [0.29, 0.717) is 13.0 Å². The molecule has 1 amide bonds. The number of aliphatic hydroxyl groups is 1. The summed E-state index contributed by atoms with van der Waals surface area (Å²) in [6, 6.07) is 0. The van der Waals surface area contributed by atoms with Crippen LogP contribution in [0.5, 0.6) is 0 Å². The highest BCUT2D eigenvalue weighted by atomic mass is 16.3. The molecule has 54 valence electrons. The van der Waals surface area contributed by atoms with Crippen LogP contribution in [0.1, 0.15) is 20.3 Å². The molecule has 0 fully saturated rings. The van der Waals surface area contributed by atoms with E-state index >= 15 is 0 Å². The van der Waals surface area contributed by atoms with Crippen molar-refractivity contribution in [3.8, 4) is 0 Å². The lowest BCUT2D eigenvalue weighted by atomic mass is 10.4. The first-order valence-corrected chi connectivity index (χ1v) is 3.11. The Kier molecular flexibility index (Phi) is 4.05. The van der Waals surface area contributed by atoms with Crippen molar-refractivity contribution in [2.45, 2.75) is 26.4 Å². The van der Waals surface area contributed by atoms with Crippen LogP contribution in [0.2, 0.25) is 0 Å². The van der Waals surface area contributed by atoms with E-state index in [9.17, 15) is 4.79 Å². The smallest absolute Gasteiger partial charge is 0.219 e. The summed E-state index contributed by atoms with van der Waals surface area (Å²) < 4.78 is 0. The van der Waals surface area contributed by atoms with Crippen molar-refractivity contribution in [1.29, 1.82) is 0 Å². The third kappa shape index (κ3) is 5.30. The standard InChI is InChI=1S/C6H13NO2/c1-3-6(9)7-4-5(2)8/h5,8H,3-4H2,1-2H3,(H,7,9). The van der Waals surface area contributed by atoms with E-state index in [-0.39, 0.29) is 5.91 Å². The van der Waals surface area contributed by atoms with Gasteiger partial charge in [0, 0.05) is 13.0 Å². The Balaban J connectivity index is 3.17. The predicted octanol–water partition coefficient (Wildman–Crippen LogP) is -0.107. The molecular weight excluding hydrogens is 118 g/mol. The molecule has 3 nitrogen and oxygen atoms in total. The van der Waals surface area contributed by atoms with Crippen molar-refractivity contribution >= 4 is 5.91 Å². The van der Waals surface area contributed by atoms with E-state index in [1.54, 1.807) is 13.8 Å². The van der Waals surface area contributed by atoms with Crippen molar-refractivity contribution in [1.82, 2.24) is 5.32 Å². The summed E-state index contributed by atoms with van der Waals surface area (Å²) in [6.45, 7) is 3.76. The van der Waals surface area contributed by atoms with E-state index in [4.69, 9.17) is 5.11 Å². The zero-order valence-corrected chi connectivity index (χ0v) is 5.85. The monoisotopic (exact) mass is 131 g/mol. The minimum absolute atomic E-state index is 0.0177. The molecule has 1 atom stereocenters. The topological polar surface area (TPSA) is 49.3 Å². The quantitative estimate of drug-likeness (QED) is 0.561. The van der Waals surface area contributed by atoms with E-state index in [2.05, 4.69) is 5.32 Å². The van der Waals surface area contributed by atoms with Gasteiger partial charge in [-0.2, -0.15) is 0 Å². The average molecular weight is 131 g/mol. The lowest BCUT2D eigenvalue weighted by Crippen LogP contribution is -2.29. The molecule has 0 aromatic rings. The van der Waals surface area contributed by atoms with Crippen LogP contribution < -0.4 is 5.32 Å². The van der Waals surface area contributed by atoms with Gasteiger partial charge in [-0.3, -0.25) is 4.79 Å². The second kappa shape index (κ2) is 4.32. The number of carbonyl (C=O) groups is 1. The molecule has 3 heteroatoms. The lowest BCUT2D eigenvalue weighted by molar-refractivity contribution is -0.121. The predicted molar refractivity (Wildman–Crippen MR) is 35.0 cm³/mol. The summed E-state index contributed by atoms with van der Waals surface area (Å²) in [5.41, 5.74) is 0. The van der Waals surface area contributed by atoms with Gasteiger partial charge in [0.15, 0.2) is 0 Å². The third-order valence-corrected chi connectivity index (χ3v) is 0.916. The highest BCUT2D eigenvalue weighted by Gasteiger charge is 1.97. The van der Waals surface area contributed by atoms with Crippen LogP contribution in [-0.4, -0.2) is 23.7 Å². The Labute approximate surface area is 55.1 Å². The zero-order valence-electron chi connectivity index (χ0n) is 5.85. The van der Waals surface area contributed by atoms with Crippen LogP contribution in [0.4, 0.5) is 0 Å². The van der Waals surface area contributed by atoms with Gasteiger partial charge in [-0.25, -0.2) is 0 Å². The molecule has 0 aromatic carbocycles. The van der Waals surface area contributed by atoms with Crippen molar-refractivity contribution < 1.29 is 9.90 Å². The van der Waals surface area contributed by atoms with Gasteiger partial charge in [0.25, 0.3) is 0 Å². The molecule has 0 aliphatic heterocycles. The number of rotatable bonds is 3. The molecule has 0 radical (unpaired) electrons. The summed E-state index contributed by atoms with van der Waals surface area (Å²) in [5, 5.41) is 11.2. The maximum absolute atomic E-state index is 10.5. The van der Waals surface area contributed by atoms with E-state index < -0.39 is 6.10 Å². The van der Waals surface area contributed by atoms with Gasteiger partial charge in [0.1, 0.15) is 0 Å². The fourth-order valence-electron chi connectivity index (χ4n) is 0.387. The largest absolute Gasteiger partial charge is 0.392 e. The molecule has 2 N–H and O–H groups in total. The minimum atomic E-state index is -0.444. The lowest BCUT2D eigenvalue weighted by Gasteiger charge is -2.04. The van der Waals surface area contributed by atoms with Crippen LogP contribution in [0, 0.1) is 0 Å². The van der Waals surface area contributed by atoms with Crippen LogP contribution in [0.15, 0.2) is 0 Å². The number of hydrogen-bond donors (Lipinski definition) is 2. The Bertz CT molecular complexity index is 91.1. The number of aliphatic hydroxyl groups excluding tert-OH is 1. The van der Waals surface area contributed by atoms with Crippen molar-refractivity contribution in [2.24, 2.45) is 0 Å². The fraction of sp³-hybridized carbons (Fsp3) is 0.833. The van der Waals surface area contributed by atoms with Crippen molar-refractivity contribution in [3.63, 3.8) is 0 Å². The average Bonchev–Trinajstić information content (AvgIpc) is 1.83. The Morgan fingerprint density at radius 1 is 1.78 bits per heavy atom. The highest BCUT2D eigenvalue weighted by molar-refractivity contribution is 5.75. The summed E-state index contributed by atoms with van der Waals surface area (Å²) in [6.07, 6.45) is 0.0349. The van der Waals surface area contributed by atoms with Crippen LogP contribution in [0.25, 0.3) is 0 Å². The maximum Gasteiger partial charge on any atom is 0.219 e. The molecule has 0 rings (SSSR count). The molecular formula is C6H13NO2. The Hall–Kier alpha value is -0.570. The molecule has 0 heterocycles. The molecule has 0 aromatic heterocycles. The second-order valence-electron chi connectivity index (χ2n) is 2.01. The molecule has 0 bridgehead atoms. The van der Waals surface area contributed by atoms with Crippen molar-refractivity contribution in [3.05, 3.63) is 0 Å². The first kappa shape index (κ1) is 8.43. The molecule has 0 spiro atoms. The molecule has 0 saturated carbocycles. The van der Waals surface area contributed by atoms with E-state index in [0.717, 1.165) is 0 Å². The Morgan fingerprint density at radius 2 is 2.33 bits per heavy atom.